The number of halogens is 3. The Bertz CT molecular complexity index is 596. The van der Waals surface area contributed by atoms with Crippen molar-refractivity contribution in [3.05, 3.63) is 22.4 Å². The number of alkyl halides is 3. The third-order valence-electron chi connectivity index (χ3n) is 3.19. The minimum Gasteiger partial charge on any atom is -0.328 e. The second-order valence-electron chi connectivity index (χ2n) is 4.99. The second kappa shape index (κ2) is 5.96. The van der Waals surface area contributed by atoms with Crippen molar-refractivity contribution in [2.45, 2.75) is 19.1 Å². The van der Waals surface area contributed by atoms with Gasteiger partial charge in [-0.1, -0.05) is 6.07 Å². The number of hydrogen-bond donors (Lipinski definition) is 0. The highest BCUT2D eigenvalue weighted by molar-refractivity contribution is 7.91. The number of carbonyl (C=O) groups is 1. The van der Waals surface area contributed by atoms with E-state index in [4.69, 9.17) is 0 Å². The van der Waals surface area contributed by atoms with Crippen LogP contribution in [0.25, 0.3) is 0 Å². The lowest BCUT2D eigenvalue weighted by Gasteiger charge is -2.25. The molecule has 2 rings (SSSR count). The van der Waals surface area contributed by atoms with Crippen LogP contribution in [0.1, 0.15) is 11.3 Å². The summed E-state index contributed by atoms with van der Waals surface area (Å²) in [5.74, 6) is -2.09. The van der Waals surface area contributed by atoms with Crippen LogP contribution in [-0.2, 0) is 21.2 Å². The highest BCUT2D eigenvalue weighted by Crippen LogP contribution is 2.25. The Morgan fingerprint density at radius 2 is 2.14 bits per heavy atom. The van der Waals surface area contributed by atoms with E-state index in [9.17, 15) is 26.4 Å². The SMILES string of the molecule is O=C(C1CCS(=O)(=O)C1)N(Cc1cccs1)CC(F)(F)F. The molecule has 1 fully saturated rings. The predicted molar refractivity (Wildman–Crippen MR) is 72.6 cm³/mol. The van der Waals surface area contributed by atoms with Gasteiger partial charge in [-0.2, -0.15) is 13.2 Å². The molecule has 9 heteroatoms. The average Bonchev–Trinajstić information content (AvgIpc) is 2.95. The minimum atomic E-state index is -4.51. The van der Waals surface area contributed by atoms with Crippen molar-refractivity contribution in [2.24, 2.45) is 5.92 Å². The van der Waals surface area contributed by atoms with Crippen LogP contribution in [-0.4, -0.2) is 43.5 Å². The van der Waals surface area contributed by atoms with E-state index in [1.54, 1.807) is 17.5 Å². The lowest BCUT2D eigenvalue weighted by Crippen LogP contribution is -2.41. The van der Waals surface area contributed by atoms with Crippen LogP contribution >= 0.6 is 11.3 Å². The first-order chi connectivity index (χ1) is 9.66. The largest absolute Gasteiger partial charge is 0.406 e. The summed E-state index contributed by atoms with van der Waals surface area (Å²) >= 11 is 1.26. The van der Waals surface area contributed by atoms with Crippen molar-refractivity contribution in [1.29, 1.82) is 0 Å². The summed E-state index contributed by atoms with van der Waals surface area (Å²) in [5.41, 5.74) is 0. The first kappa shape index (κ1) is 16.3. The molecule has 1 aromatic heterocycles. The van der Waals surface area contributed by atoms with Gasteiger partial charge in [0.25, 0.3) is 0 Å². The molecule has 0 bridgehead atoms. The highest BCUT2D eigenvalue weighted by atomic mass is 32.2. The zero-order chi connectivity index (χ0) is 15.7. The summed E-state index contributed by atoms with van der Waals surface area (Å²) in [5, 5.41) is 1.71. The fourth-order valence-electron chi connectivity index (χ4n) is 2.27. The molecule has 0 radical (unpaired) electrons. The van der Waals surface area contributed by atoms with Gasteiger partial charge in [0.15, 0.2) is 9.84 Å². The Hall–Kier alpha value is -1.09. The van der Waals surface area contributed by atoms with Crippen molar-refractivity contribution in [2.75, 3.05) is 18.1 Å². The van der Waals surface area contributed by atoms with Gasteiger partial charge in [-0.15, -0.1) is 11.3 Å². The Balaban J connectivity index is 2.12. The predicted octanol–water partition coefficient (Wildman–Crippen LogP) is 2.07. The quantitative estimate of drug-likeness (QED) is 0.842. The monoisotopic (exact) mass is 341 g/mol. The molecule has 4 nitrogen and oxygen atoms in total. The van der Waals surface area contributed by atoms with Crippen LogP contribution in [0, 0.1) is 5.92 Å². The van der Waals surface area contributed by atoms with Gasteiger partial charge in [0.2, 0.25) is 5.91 Å². The lowest BCUT2D eigenvalue weighted by atomic mass is 10.1. The molecule has 1 aliphatic rings. The number of carbonyl (C=O) groups excluding carboxylic acids is 1. The third-order valence-corrected chi connectivity index (χ3v) is 5.82. The smallest absolute Gasteiger partial charge is 0.328 e. The summed E-state index contributed by atoms with van der Waals surface area (Å²) < 4.78 is 60.6. The second-order valence-corrected chi connectivity index (χ2v) is 8.25. The topological polar surface area (TPSA) is 54.5 Å². The van der Waals surface area contributed by atoms with E-state index in [0.717, 1.165) is 0 Å². The van der Waals surface area contributed by atoms with Gasteiger partial charge in [-0.3, -0.25) is 4.79 Å². The molecular formula is C12H14F3NO3S2. The van der Waals surface area contributed by atoms with Crippen LogP contribution in [0.2, 0.25) is 0 Å². The maximum absolute atomic E-state index is 12.6. The molecule has 0 spiro atoms. The Morgan fingerprint density at radius 3 is 2.62 bits per heavy atom. The van der Waals surface area contributed by atoms with Crippen molar-refractivity contribution in [1.82, 2.24) is 4.90 Å². The third kappa shape index (κ3) is 4.70. The molecule has 1 atom stereocenters. The summed E-state index contributed by atoms with van der Waals surface area (Å²) in [6, 6.07) is 3.34. The first-order valence-corrected chi connectivity index (χ1v) is 8.95. The summed E-state index contributed by atoms with van der Waals surface area (Å²) in [4.78, 5) is 13.5. The molecule has 0 N–H and O–H groups in total. The van der Waals surface area contributed by atoms with Gasteiger partial charge in [0.05, 0.1) is 24.0 Å². The standard InChI is InChI=1S/C12H14F3NO3S2/c13-12(14,15)8-16(6-10-2-1-4-20-10)11(17)9-3-5-21(18,19)7-9/h1-2,4,9H,3,5-8H2. The maximum atomic E-state index is 12.6. The van der Waals surface area contributed by atoms with E-state index in [1.165, 1.54) is 11.3 Å². The van der Waals surface area contributed by atoms with Crippen LogP contribution in [0.15, 0.2) is 17.5 Å². The fraction of sp³-hybridized carbons (Fsp3) is 0.583. The number of thiophene rings is 1. The van der Waals surface area contributed by atoms with E-state index in [0.29, 0.717) is 9.78 Å². The van der Waals surface area contributed by atoms with E-state index in [2.05, 4.69) is 0 Å². The summed E-state index contributed by atoms with van der Waals surface area (Å²) in [6.07, 6.45) is -4.41. The van der Waals surface area contributed by atoms with E-state index in [1.807, 2.05) is 0 Å². The number of rotatable bonds is 4. The van der Waals surface area contributed by atoms with Crippen LogP contribution < -0.4 is 0 Å². The van der Waals surface area contributed by atoms with Crippen molar-refractivity contribution in [3.63, 3.8) is 0 Å². The molecule has 0 aromatic carbocycles. The molecule has 118 valence electrons. The molecule has 21 heavy (non-hydrogen) atoms. The maximum Gasteiger partial charge on any atom is 0.406 e. The molecule has 1 amide bonds. The van der Waals surface area contributed by atoms with Gasteiger partial charge in [-0.25, -0.2) is 8.42 Å². The number of sulfone groups is 1. The lowest BCUT2D eigenvalue weighted by molar-refractivity contribution is -0.164. The molecule has 1 aromatic rings. The Morgan fingerprint density at radius 1 is 1.43 bits per heavy atom. The summed E-state index contributed by atoms with van der Waals surface area (Å²) in [7, 11) is -3.31. The van der Waals surface area contributed by atoms with Crippen molar-refractivity contribution < 1.29 is 26.4 Å². The molecule has 1 saturated heterocycles. The Kier molecular flexibility index (Phi) is 4.62. The number of amides is 1. The minimum absolute atomic E-state index is 0.0972. The average molecular weight is 341 g/mol. The normalized spacial score (nSPS) is 21.4. The van der Waals surface area contributed by atoms with Gasteiger partial charge >= 0.3 is 6.18 Å². The molecule has 0 saturated carbocycles. The van der Waals surface area contributed by atoms with Gasteiger partial charge in [-0.05, 0) is 17.9 Å². The summed E-state index contributed by atoms with van der Waals surface area (Å²) in [6.45, 7) is -1.51. The first-order valence-electron chi connectivity index (χ1n) is 6.25. The molecule has 0 aliphatic carbocycles. The highest BCUT2D eigenvalue weighted by Gasteiger charge is 2.39. The van der Waals surface area contributed by atoms with Crippen LogP contribution in [0.5, 0.6) is 0 Å². The van der Waals surface area contributed by atoms with Crippen molar-refractivity contribution in [3.8, 4) is 0 Å². The van der Waals surface area contributed by atoms with E-state index in [-0.39, 0.29) is 24.5 Å². The zero-order valence-corrected chi connectivity index (χ0v) is 12.6. The molecule has 1 aliphatic heterocycles. The number of nitrogens with zero attached hydrogens (tertiary/aromatic N) is 1. The van der Waals surface area contributed by atoms with Crippen molar-refractivity contribution >= 4 is 27.1 Å². The zero-order valence-electron chi connectivity index (χ0n) is 11.0. The van der Waals surface area contributed by atoms with Crippen LogP contribution in [0.4, 0.5) is 13.2 Å². The molecule has 2 heterocycles. The van der Waals surface area contributed by atoms with Gasteiger partial charge < -0.3 is 4.90 Å². The van der Waals surface area contributed by atoms with E-state index >= 15 is 0 Å². The molecule has 1 unspecified atom stereocenters. The number of hydrogen-bond acceptors (Lipinski definition) is 4. The van der Waals surface area contributed by atoms with E-state index < -0.39 is 34.4 Å². The Labute approximate surface area is 124 Å². The van der Waals surface area contributed by atoms with Gasteiger partial charge in [0, 0.05) is 4.88 Å². The van der Waals surface area contributed by atoms with Crippen LogP contribution in [0.3, 0.4) is 0 Å². The van der Waals surface area contributed by atoms with Gasteiger partial charge in [0.1, 0.15) is 6.54 Å². The molecular weight excluding hydrogens is 327 g/mol. The fourth-order valence-corrected chi connectivity index (χ4v) is 4.72.